The van der Waals surface area contributed by atoms with E-state index in [0.29, 0.717) is 13.2 Å². The van der Waals surface area contributed by atoms with Gasteiger partial charge in [0.1, 0.15) is 5.75 Å². The molecule has 3 rings (SSSR count). The van der Waals surface area contributed by atoms with E-state index >= 15 is 0 Å². The minimum atomic E-state index is -3.45. The van der Waals surface area contributed by atoms with Crippen molar-refractivity contribution in [1.29, 1.82) is 0 Å². The molecule has 1 amide bonds. The van der Waals surface area contributed by atoms with Crippen molar-refractivity contribution in [2.24, 2.45) is 0 Å². The highest BCUT2D eigenvalue weighted by molar-refractivity contribution is 7.89. The first-order valence-electron chi connectivity index (χ1n) is 5.21. The van der Waals surface area contributed by atoms with Gasteiger partial charge in [-0.3, -0.25) is 4.79 Å². The second-order valence-electron chi connectivity index (χ2n) is 4.42. The summed E-state index contributed by atoms with van der Waals surface area (Å²) in [4.78, 5) is 13.5. The Kier molecular flexibility index (Phi) is 2.93. The van der Waals surface area contributed by atoms with Gasteiger partial charge in [-0.05, 0) is 6.42 Å². The summed E-state index contributed by atoms with van der Waals surface area (Å²) >= 11 is 0. The smallest absolute Gasteiger partial charge is 0.239 e. The maximum absolute atomic E-state index is 11.8. The molecule has 92 valence electrons. The first-order chi connectivity index (χ1) is 7.42. The number of sulfonamides is 1. The van der Waals surface area contributed by atoms with Gasteiger partial charge in [0, 0.05) is 14.1 Å². The molecule has 2 unspecified atom stereocenters. The summed E-state index contributed by atoms with van der Waals surface area (Å²) in [5.74, 6) is -0.745. The average Bonchev–Trinajstić information content (AvgIpc) is 2.17. The van der Waals surface area contributed by atoms with Crippen molar-refractivity contribution >= 4 is 15.9 Å². The lowest BCUT2D eigenvalue weighted by Crippen LogP contribution is -2.66. The molecule has 2 bridgehead atoms. The maximum Gasteiger partial charge on any atom is 0.239 e. The van der Waals surface area contributed by atoms with Gasteiger partial charge in [-0.25, -0.2) is 12.7 Å². The Morgan fingerprint density at radius 3 is 2.38 bits per heavy atom. The van der Waals surface area contributed by atoms with Crippen LogP contribution in [0.15, 0.2) is 0 Å². The van der Waals surface area contributed by atoms with Crippen LogP contribution >= 0.6 is 0 Å². The number of hydrogen-bond acceptors (Lipinski definition) is 4. The van der Waals surface area contributed by atoms with Crippen LogP contribution in [0.1, 0.15) is 6.42 Å². The van der Waals surface area contributed by atoms with Crippen molar-refractivity contribution in [1.82, 2.24) is 9.21 Å². The number of carbonyl (C=O) groups is 1. The number of amides is 1. The van der Waals surface area contributed by atoms with E-state index in [0.717, 1.165) is 10.7 Å². The molecule has 3 heterocycles. The predicted molar refractivity (Wildman–Crippen MR) is 57.3 cm³/mol. The van der Waals surface area contributed by atoms with Crippen molar-refractivity contribution in [3.05, 3.63) is 0 Å². The van der Waals surface area contributed by atoms with Gasteiger partial charge in [-0.1, -0.05) is 0 Å². The second-order valence-corrected chi connectivity index (χ2v) is 6.60. The lowest BCUT2D eigenvalue weighted by Gasteiger charge is -2.52. The molecule has 7 heteroatoms. The van der Waals surface area contributed by atoms with Crippen LogP contribution in [0.3, 0.4) is 0 Å². The SMILES string of the molecule is CN(C)S(=O)(=O)CC(=O)N1C2COCC1C2. The van der Waals surface area contributed by atoms with Crippen LogP contribution in [0.25, 0.3) is 0 Å². The highest BCUT2D eigenvalue weighted by Crippen LogP contribution is 2.30. The summed E-state index contributed by atoms with van der Waals surface area (Å²) in [5, 5.41) is 0. The van der Waals surface area contributed by atoms with E-state index < -0.39 is 15.8 Å². The quantitative estimate of drug-likeness (QED) is 0.634. The first-order valence-corrected chi connectivity index (χ1v) is 6.82. The van der Waals surface area contributed by atoms with Crippen molar-refractivity contribution in [3.63, 3.8) is 0 Å². The predicted octanol–water partition coefficient (Wildman–Crippen LogP) is -1.12. The number of ether oxygens (including phenoxy) is 1. The molecule has 6 nitrogen and oxygen atoms in total. The standard InChI is InChI=1S/C9H16N2O4S/c1-10(2)16(13,14)6-9(12)11-7-3-8(11)5-15-4-7/h7-8H,3-6H2,1-2H3. The van der Waals surface area contributed by atoms with Crippen LogP contribution in [-0.4, -0.2) is 68.7 Å². The first kappa shape index (κ1) is 11.8. The summed E-state index contributed by atoms with van der Waals surface area (Å²) in [7, 11) is -0.582. The summed E-state index contributed by atoms with van der Waals surface area (Å²) in [6.45, 7) is 1.06. The number of nitrogens with zero attached hydrogens (tertiary/aromatic N) is 2. The monoisotopic (exact) mass is 248 g/mol. The number of rotatable bonds is 3. The van der Waals surface area contributed by atoms with Crippen molar-refractivity contribution in [2.75, 3.05) is 33.1 Å². The lowest BCUT2D eigenvalue weighted by atomic mass is 9.91. The van der Waals surface area contributed by atoms with Crippen LogP contribution in [0.4, 0.5) is 0 Å². The molecular formula is C9H16N2O4S. The van der Waals surface area contributed by atoms with E-state index in [-0.39, 0.29) is 18.0 Å². The van der Waals surface area contributed by atoms with Crippen LogP contribution in [-0.2, 0) is 19.6 Å². The fourth-order valence-electron chi connectivity index (χ4n) is 2.11. The number of hydrogen-bond donors (Lipinski definition) is 0. The zero-order chi connectivity index (χ0) is 11.9. The molecule has 3 aliphatic heterocycles. The zero-order valence-corrected chi connectivity index (χ0v) is 10.2. The lowest BCUT2D eigenvalue weighted by molar-refractivity contribution is -0.164. The minimum absolute atomic E-state index is 0.0867. The third-order valence-corrected chi connectivity index (χ3v) is 4.83. The summed E-state index contributed by atoms with van der Waals surface area (Å²) in [6, 6.07) is 0.173. The molecular weight excluding hydrogens is 232 g/mol. The Balaban J connectivity index is 2.00. The molecule has 0 aromatic carbocycles. The molecule has 3 fully saturated rings. The van der Waals surface area contributed by atoms with Crippen LogP contribution in [0.5, 0.6) is 0 Å². The number of carbonyl (C=O) groups excluding carboxylic acids is 1. The van der Waals surface area contributed by atoms with Gasteiger partial charge in [-0.15, -0.1) is 0 Å². The third-order valence-electron chi connectivity index (χ3n) is 3.10. The molecule has 0 aromatic rings. The normalized spacial score (nSPS) is 29.1. The topological polar surface area (TPSA) is 66.9 Å². The Morgan fingerprint density at radius 2 is 1.94 bits per heavy atom. The number of morpholine rings is 1. The van der Waals surface area contributed by atoms with Gasteiger partial charge < -0.3 is 9.64 Å². The highest BCUT2D eigenvalue weighted by Gasteiger charge is 2.45. The van der Waals surface area contributed by atoms with E-state index in [1.54, 1.807) is 4.90 Å². The maximum atomic E-state index is 11.8. The second kappa shape index (κ2) is 3.97. The van der Waals surface area contributed by atoms with Crippen LogP contribution < -0.4 is 0 Å². The summed E-state index contributed by atoms with van der Waals surface area (Å²) in [6.07, 6.45) is 0.938. The molecule has 0 aliphatic carbocycles. The fourth-order valence-corrected chi connectivity index (χ4v) is 2.82. The largest absolute Gasteiger partial charge is 0.377 e. The van der Waals surface area contributed by atoms with Crippen molar-refractivity contribution < 1.29 is 17.9 Å². The molecule has 3 saturated heterocycles. The van der Waals surface area contributed by atoms with Gasteiger partial charge in [0.2, 0.25) is 15.9 Å². The Labute approximate surface area is 95.2 Å². The molecule has 3 aliphatic rings. The summed E-state index contributed by atoms with van der Waals surface area (Å²) < 4.78 is 29.4. The average molecular weight is 248 g/mol. The van der Waals surface area contributed by atoms with Gasteiger partial charge in [0.25, 0.3) is 0 Å². The van der Waals surface area contributed by atoms with E-state index in [1.165, 1.54) is 14.1 Å². The molecule has 0 saturated carbocycles. The Bertz CT molecular complexity index is 378. The third kappa shape index (κ3) is 1.94. The van der Waals surface area contributed by atoms with E-state index in [1.807, 2.05) is 0 Å². The minimum Gasteiger partial charge on any atom is -0.377 e. The number of fused-ring (bicyclic) bond motifs is 2. The van der Waals surface area contributed by atoms with E-state index in [2.05, 4.69) is 0 Å². The molecule has 0 radical (unpaired) electrons. The van der Waals surface area contributed by atoms with Crippen molar-refractivity contribution in [2.45, 2.75) is 18.5 Å². The van der Waals surface area contributed by atoms with Gasteiger partial charge in [-0.2, -0.15) is 0 Å². The molecule has 0 aromatic heterocycles. The highest BCUT2D eigenvalue weighted by atomic mass is 32.2. The molecule has 0 spiro atoms. The van der Waals surface area contributed by atoms with Crippen LogP contribution in [0.2, 0.25) is 0 Å². The van der Waals surface area contributed by atoms with E-state index in [4.69, 9.17) is 4.74 Å². The van der Waals surface area contributed by atoms with Crippen LogP contribution in [0, 0.1) is 0 Å². The van der Waals surface area contributed by atoms with Crippen molar-refractivity contribution in [3.8, 4) is 0 Å². The fraction of sp³-hybridized carbons (Fsp3) is 0.889. The Morgan fingerprint density at radius 1 is 1.38 bits per heavy atom. The Hall–Kier alpha value is -0.660. The summed E-state index contributed by atoms with van der Waals surface area (Å²) in [5.41, 5.74) is 0. The van der Waals surface area contributed by atoms with Gasteiger partial charge >= 0.3 is 0 Å². The van der Waals surface area contributed by atoms with Gasteiger partial charge in [0.15, 0.2) is 0 Å². The van der Waals surface area contributed by atoms with E-state index in [9.17, 15) is 13.2 Å². The molecule has 2 atom stereocenters. The molecule has 0 N–H and O–H groups in total. The zero-order valence-electron chi connectivity index (χ0n) is 9.42. The van der Waals surface area contributed by atoms with Gasteiger partial charge in [0.05, 0.1) is 25.3 Å². The molecule has 16 heavy (non-hydrogen) atoms.